The van der Waals surface area contributed by atoms with Crippen molar-refractivity contribution in [1.82, 2.24) is 9.80 Å². The average Bonchev–Trinajstić information content (AvgIpc) is 3.31. The predicted molar refractivity (Wildman–Crippen MR) is 130 cm³/mol. The highest BCUT2D eigenvalue weighted by atomic mass is 32.1. The van der Waals surface area contributed by atoms with Gasteiger partial charge in [0.05, 0.1) is 25.3 Å². The van der Waals surface area contributed by atoms with E-state index in [2.05, 4.69) is 6.07 Å². The third-order valence-corrected chi connectivity index (χ3v) is 6.80. The Kier molecular flexibility index (Phi) is 10.7. The smallest absolute Gasteiger partial charge is 0.237 e. The van der Waals surface area contributed by atoms with Gasteiger partial charge in [0.1, 0.15) is 18.2 Å². The Bertz CT molecular complexity index is 878. The Morgan fingerprint density at radius 2 is 2.12 bits per heavy atom. The van der Waals surface area contributed by atoms with Gasteiger partial charge in [0.2, 0.25) is 5.91 Å². The lowest BCUT2D eigenvalue weighted by atomic mass is 10.0. The number of methoxy groups -OCH3 is 1. The number of benzene rings is 1. The maximum atomic E-state index is 13.5. The van der Waals surface area contributed by atoms with E-state index in [1.807, 2.05) is 22.1 Å². The molecule has 2 heterocycles. The maximum absolute atomic E-state index is 13.5. The van der Waals surface area contributed by atoms with Crippen LogP contribution in [0.3, 0.4) is 0 Å². The van der Waals surface area contributed by atoms with E-state index in [0.717, 1.165) is 18.4 Å². The monoisotopic (exact) mass is 494 g/mol. The predicted octanol–water partition coefficient (Wildman–Crippen LogP) is 3.13. The number of hydrogen-bond acceptors (Lipinski definition) is 7. The zero-order valence-electron chi connectivity index (χ0n) is 20.0. The maximum Gasteiger partial charge on any atom is 0.237 e. The number of aliphatic hydroxyl groups excluding tert-OH is 1. The van der Waals surface area contributed by atoms with E-state index in [0.29, 0.717) is 38.6 Å². The number of fused-ring (bicyclic) bond motifs is 1. The van der Waals surface area contributed by atoms with Crippen LogP contribution < -0.4 is 4.74 Å². The van der Waals surface area contributed by atoms with E-state index in [1.54, 1.807) is 30.6 Å². The standard InChI is InChI=1S/C25H35FN2O5S/c1-3-32-17-20(29)15-27(11-4-13-31-2)16-25(30)28-12-9-24-22(10-14-34-24)23(28)18-33-21-7-5-19(26)6-8-21/h5-8,10,14,20,23,29H,3-4,9,11-13,15-18H2,1-2H3. The van der Waals surface area contributed by atoms with Gasteiger partial charge >= 0.3 is 0 Å². The van der Waals surface area contributed by atoms with Gasteiger partial charge in [-0.1, -0.05) is 0 Å². The fraction of sp³-hybridized carbons (Fsp3) is 0.560. The Morgan fingerprint density at radius 3 is 2.85 bits per heavy atom. The summed E-state index contributed by atoms with van der Waals surface area (Å²) in [6, 6.07) is 7.75. The highest BCUT2D eigenvalue weighted by Gasteiger charge is 2.33. The van der Waals surface area contributed by atoms with Gasteiger partial charge in [-0.25, -0.2) is 4.39 Å². The number of ether oxygens (including phenoxy) is 3. The van der Waals surface area contributed by atoms with Crippen molar-refractivity contribution in [2.75, 3.05) is 59.7 Å². The first kappa shape index (κ1) is 26.6. The molecule has 9 heteroatoms. The van der Waals surface area contributed by atoms with Crippen LogP contribution >= 0.6 is 11.3 Å². The molecule has 1 amide bonds. The van der Waals surface area contributed by atoms with E-state index in [9.17, 15) is 14.3 Å². The van der Waals surface area contributed by atoms with E-state index in [-0.39, 0.29) is 37.5 Å². The Morgan fingerprint density at radius 1 is 1.32 bits per heavy atom. The number of aliphatic hydroxyl groups is 1. The lowest BCUT2D eigenvalue weighted by Crippen LogP contribution is -2.48. The molecule has 1 N–H and O–H groups in total. The highest BCUT2D eigenvalue weighted by molar-refractivity contribution is 7.10. The SMILES string of the molecule is CCOCC(O)CN(CCCOC)CC(=O)N1CCc2sccc2C1COc1ccc(F)cc1. The summed E-state index contributed by atoms with van der Waals surface area (Å²) in [6.45, 7) is 5.32. The van der Waals surface area contributed by atoms with E-state index < -0.39 is 6.10 Å². The molecule has 2 unspecified atom stereocenters. The van der Waals surface area contributed by atoms with Gasteiger partial charge in [0.15, 0.2) is 0 Å². The van der Waals surface area contributed by atoms with Crippen LogP contribution in [0.2, 0.25) is 0 Å². The summed E-state index contributed by atoms with van der Waals surface area (Å²) < 4.78 is 29.7. The van der Waals surface area contributed by atoms with Gasteiger partial charge in [0, 0.05) is 44.8 Å². The summed E-state index contributed by atoms with van der Waals surface area (Å²) >= 11 is 1.70. The van der Waals surface area contributed by atoms with E-state index >= 15 is 0 Å². The van der Waals surface area contributed by atoms with Crippen LogP contribution in [0.25, 0.3) is 0 Å². The van der Waals surface area contributed by atoms with Crippen molar-refractivity contribution in [2.24, 2.45) is 0 Å². The number of nitrogens with zero attached hydrogens (tertiary/aromatic N) is 2. The number of rotatable bonds is 14. The van der Waals surface area contributed by atoms with Crippen LogP contribution in [0.4, 0.5) is 4.39 Å². The minimum Gasteiger partial charge on any atom is -0.491 e. The van der Waals surface area contributed by atoms with Crippen molar-refractivity contribution < 1.29 is 28.5 Å². The third kappa shape index (κ3) is 7.74. The minimum absolute atomic E-state index is 0.00872. The van der Waals surface area contributed by atoms with Crippen LogP contribution in [-0.2, 0) is 20.7 Å². The van der Waals surface area contributed by atoms with Gasteiger partial charge in [-0.05, 0) is 61.0 Å². The summed E-state index contributed by atoms with van der Waals surface area (Å²) in [7, 11) is 1.65. The molecule has 0 spiro atoms. The lowest BCUT2D eigenvalue weighted by Gasteiger charge is -2.37. The van der Waals surface area contributed by atoms with E-state index in [4.69, 9.17) is 14.2 Å². The lowest BCUT2D eigenvalue weighted by molar-refractivity contribution is -0.136. The first-order valence-electron chi connectivity index (χ1n) is 11.7. The molecule has 0 bridgehead atoms. The second-order valence-electron chi connectivity index (χ2n) is 8.31. The molecule has 0 fully saturated rings. The first-order valence-corrected chi connectivity index (χ1v) is 12.6. The van der Waals surface area contributed by atoms with Crippen molar-refractivity contribution >= 4 is 17.2 Å². The molecule has 1 aliphatic rings. The number of halogens is 1. The summed E-state index contributed by atoms with van der Waals surface area (Å²) in [5.41, 5.74) is 1.11. The van der Waals surface area contributed by atoms with Gasteiger partial charge in [-0.15, -0.1) is 11.3 Å². The van der Waals surface area contributed by atoms with Crippen LogP contribution in [0.5, 0.6) is 5.75 Å². The molecular formula is C25H35FN2O5S. The number of carbonyl (C=O) groups excluding carboxylic acids is 1. The summed E-state index contributed by atoms with van der Waals surface area (Å²) in [5, 5.41) is 12.4. The summed E-state index contributed by atoms with van der Waals surface area (Å²) in [5.74, 6) is 0.240. The van der Waals surface area contributed by atoms with Crippen molar-refractivity contribution in [3.63, 3.8) is 0 Å². The Balaban J connectivity index is 1.68. The van der Waals surface area contributed by atoms with Gasteiger partial charge in [-0.2, -0.15) is 0 Å². The van der Waals surface area contributed by atoms with Crippen LogP contribution in [0.15, 0.2) is 35.7 Å². The van der Waals surface area contributed by atoms with E-state index in [1.165, 1.54) is 17.0 Å². The molecule has 1 aromatic carbocycles. The topological polar surface area (TPSA) is 71.5 Å². The molecule has 34 heavy (non-hydrogen) atoms. The quantitative estimate of drug-likeness (QED) is 0.407. The minimum atomic E-state index is -0.669. The molecule has 0 radical (unpaired) electrons. The summed E-state index contributed by atoms with van der Waals surface area (Å²) in [4.78, 5) is 18.6. The Hall–Kier alpha value is -2.04. The summed E-state index contributed by atoms with van der Waals surface area (Å²) in [6.07, 6.45) is 0.900. The number of hydrogen-bond donors (Lipinski definition) is 1. The average molecular weight is 495 g/mol. The van der Waals surface area contributed by atoms with Crippen molar-refractivity contribution in [3.8, 4) is 5.75 Å². The molecule has 0 saturated heterocycles. The second-order valence-corrected chi connectivity index (χ2v) is 9.31. The molecular weight excluding hydrogens is 459 g/mol. The molecule has 0 aliphatic carbocycles. The number of thiophene rings is 1. The molecule has 0 saturated carbocycles. The molecule has 3 rings (SSSR count). The van der Waals surface area contributed by atoms with Crippen molar-refractivity contribution in [1.29, 1.82) is 0 Å². The molecule has 1 aromatic heterocycles. The fourth-order valence-corrected chi connectivity index (χ4v) is 5.06. The molecule has 1 aliphatic heterocycles. The second kappa shape index (κ2) is 13.7. The Labute approximate surface area is 205 Å². The van der Waals surface area contributed by atoms with Gasteiger partial charge < -0.3 is 24.2 Å². The van der Waals surface area contributed by atoms with Gasteiger partial charge in [0.25, 0.3) is 0 Å². The van der Waals surface area contributed by atoms with Crippen LogP contribution in [-0.4, -0.2) is 86.6 Å². The normalized spacial score (nSPS) is 16.5. The molecule has 7 nitrogen and oxygen atoms in total. The van der Waals surface area contributed by atoms with Gasteiger partial charge in [-0.3, -0.25) is 9.69 Å². The molecule has 188 valence electrons. The first-order chi connectivity index (χ1) is 16.5. The van der Waals surface area contributed by atoms with Crippen LogP contribution in [0, 0.1) is 5.82 Å². The number of carbonyl (C=O) groups is 1. The van der Waals surface area contributed by atoms with Crippen molar-refractivity contribution in [2.45, 2.75) is 31.9 Å². The highest BCUT2D eigenvalue weighted by Crippen LogP contribution is 2.34. The third-order valence-electron chi connectivity index (χ3n) is 5.80. The van der Waals surface area contributed by atoms with Crippen molar-refractivity contribution in [3.05, 3.63) is 52.0 Å². The molecule has 2 atom stereocenters. The molecule has 2 aromatic rings. The number of amides is 1. The largest absolute Gasteiger partial charge is 0.491 e. The zero-order valence-corrected chi connectivity index (χ0v) is 20.8. The zero-order chi connectivity index (χ0) is 24.3. The fourth-order valence-electron chi connectivity index (χ4n) is 4.13. The van der Waals surface area contributed by atoms with Crippen LogP contribution in [0.1, 0.15) is 29.8 Å².